The van der Waals surface area contributed by atoms with Crippen molar-refractivity contribution in [2.24, 2.45) is 0 Å². The van der Waals surface area contributed by atoms with E-state index in [4.69, 9.17) is 9.47 Å². The topological polar surface area (TPSA) is 97.0 Å². The van der Waals surface area contributed by atoms with Crippen LogP contribution in [0.3, 0.4) is 0 Å². The first kappa shape index (κ1) is 21.1. The van der Waals surface area contributed by atoms with Crippen molar-refractivity contribution in [1.29, 1.82) is 0 Å². The summed E-state index contributed by atoms with van der Waals surface area (Å²) in [6.45, 7) is 4.07. The maximum Gasteiger partial charge on any atom is 0.243 e. The Morgan fingerprint density at radius 2 is 1.66 bits per heavy atom. The van der Waals surface area contributed by atoms with Crippen LogP contribution in [-0.2, 0) is 19.6 Å². The number of sulfonamides is 1. The molecule has 0 radical (unpaired) electrons. The van der Waals surface area contributed by atoms with Gasteiger partial charge in [-0.2, -0.15) is 4.31 Å². The van der Waals surface area contributed by atoms with E-state index in [9.17, 15) is 13.2 Å². The summed E-state index contributed by atoms with van der Waals surface area (Å²) in [5.41, 5.74) is 1.33. The van der Waals surface area contributed by atoms with Crippen LogP contribution in [-0.4, -0.2) is 58.1 Å². The van der Waals surface area contributed by atoms with Crippen LogP contribution in [0.2, 0.25) is 0 Å². The van der Waals surface area contributed by atoms with Gasteiger partial charge in [0.1, 0.15) is 5.75 Å². The van der Waals surface area contributed by atoms with Gasteiger partial charge in [-0.1, -0.05) is 0 Å². The van der Waals surface area contributed by atoms with Crippen LogP contribution in [0.5, 0.6) is 5.75 Å². The van der Waals surface area contributed by atoms with E-state index in [0.29, 0.717) is 44.3 Å². The normalized spacial score (nSPS) is 14.9. The summed E-state index contributed by atoms with van der Waals surface area (Å²) >= 11 is 0. The first-order chi connectivity index (χ1) is 14.0. The molecule has 0 aliphatic carbocycles. The Kier molecular flexibility index (Phi) is 7.08. The Balaban J connectivity index is 1.52. The second kappa shape index (κ2) is 9.73. The standard InChI is InChI=1S/C20H25N3O5S/c1-2-28-18-7-3-17(4-8-18)22-20(24)15-21-16-5-9-19(10-6-16)29(25,26)23-11-13-27-14-12-23/h3-10,21H,2,11-15H2,1H3,(H,22,24). The molecule has 1 fully saturated rings. The van der Waals surface area contributed by atoms with E-state index in [-0.39, 0.29) is 17.3 Å². The molecule has 1 aliphatic rings. The molecule has 1 amide bonds. The third-order valence-corrected chi connectivity index (χ3v) is 6.28. The van der Waals surface area contributed by atoms with E-state index in [2.05, 4.69) is 10.6 Å². The van der Waals surface area contributed by atoms with E-state index in [0.717, 1.165) is 5.75 Å². The van der Waals surface area contributed by atoms with E-state index >= 15 is 0 Å². The Morgan fingerprint density at radius 1 is 1.03 bits per heavy atom. The second-order valence-corrected chi connectivity index (χ2v) is 8.34. The molecule has 0 saturated carbocycles. The summed E-state index contributed by atoms with van der Waals surface area (Å²) in [5.74, 6) is 0.537. The van der Waals surface area contributed by atoms with Crippen molar-refractivity contribution in [3.63, 3.8) is 0 Å². The molecule has 2 aromatic carbocycles. The van der Waals surface area contributed by atoms with Crippen LogP contribution >= 0.6 is 0 Å². The van der Waals surface area contributed by atoms with Crippen molar-refractivity contribution in [2.75, 3.05) is 50.1 Å². The highest BCUT2D eigenvalue weighted by atomic mass is 32.2. The smallest absolute Gasteiger partial charge is 0.243 e. The fraction of sp³-hybridized carbons (Fsp3) is 0.350. The molecule has 1 heterocycles. The first-order valence-corrected chi connectivity index (χ1v) is 10.9. The molecular formula is C20H25N3O5S. The van der Waals surface area contributed by atoms with Gasteiger partial charge in [0.25, 0.3) is 0 Å². The minimum atomic E-state index is -3.52. The maximum atomic E-state index is 12.6. The average molecular weight is 420 g/mol. The zero-order chi connectivity index (χ0) is 20.7. The van der Waals surface area contributed by atoms with Gasteiger partial charge in [0.15, 0.2) is 0 Å². The molecule has 29 heavy (non-hydrogen) atoms. The van der Waals surface area contributed by atoms with Crippen LogP contribution in [0.1, 0.15) is 6.92 Å². The summed E-state index contributed by atoms with van der Waals surface area (Å²) in [7, 11) is -3.52. The fourth-order valence-corrected chi connectivity index (χ4v) is 4.28. The molecule has 1 aliphatic heterocycles. The average Bonchev–Trinajstić information content (AvgIpc) is 2.75. The van der Waals surface area contributed by atoms with Gasteiger partial charge in [-0.3, -0.25) is 4.79 Å². The molecular weight excluding hydrogens is 394 g/mol. The number of carbonyl (C=O) groups excluding carboxylic acids is 1. The number of rotatable bonds is 8. The molecule has 2 aromatic rings. The van der Waals surface area contributed by atoms with Crippen molar-refractivity contribution in [2.45, 2.75) is 11.8 Å². The summed E-state index contributed by atoms with van der Waals surface area (Å²) in [5, 5.41) is 5.78. The van der Waals surface area contributed by atoms with Gasteiger partial charge in [-0.15, -0.1) is 0 Å². The molecule has 3 rings (SSSR count). The lowest BCUT2D eigenvalue weighted by Crippen LogP contribution is -2.40. The first-order valence-electron chi connectivity index (χ1n) is 9.43. The summed E-state index contributed by atoms with van der Waals surface area (Å²) < 4.78 is 37.2. The maximum absolute atomic E-state index is 12.6. The van der Waals surface area contributed by atoms with E-state index in [1.807, 2.05) is 6.92 Å². The van der Waals surface area contributed by atoms with Crippen molar-refractivity contribution in [1.82, 2.24) is 4.31 Å². The van der Waals surface area contributed by atoms with E-state index in [1.54, 1.807) is 36.4 Å². The zero-order valence-electron chi connectivity index (χ0n) is 16.3. The van der Waals surface area contributed by atoms with Gasteiger partial charge in [-0.05, 0) is 55.5 Å². The predicted molar refractivity (Wildman–Crippen MR) is 111 cm³/mol. The molecule has 0 aromatic heterocycles. The third kappa shape index (κ3) is 5.69. The molecule has 8 nitrogen and oxygen atoms in total. The van der Waals surface area contributed by atoms with E-state index in [1.165, 1.54) is 16.4 Å². The van der Waals surface area contributed by atoms with Crippen LogP contribution in [0.4, 0.5) is 11.4 Å². The number of carbonyl (C=O) groups is 1. The molecule has 2 N–H and O–H groups in total. The highest BCUT2D eigenvalue weighted by molar-refractivity contribution is 7.89. The van der Waals surface area contributed by atoms with Gasteiger partial charge < -0.3 is 20.1 Å². The second-order valence-electron chi connectivity index (χ2n) is 6.40. The highest BCUT2D eigenvalue weighted by Gasteiger charge is 2.26. The molecule has 0 spiro atoms. The van der Waals surface area contributed by atoms with Crippen molar-refractivity contribution >= 4 is 27.3 Å². The highest BCUT2D eigenvalue weighted by Crippen LogP contribution is 2.19. The Morgan fingerprint density at radius 3 is 2.28 bits per heavy atom. The number of benzene rings is 2. The number of morpholine rings is 1. The van der Waals surface area contributed by atoms with Gasteiger partial charge in [0.2, 0.25) is 15.9 Å². The number of hydrogen-bond acceptors (Lipinski definition) is 6. The van der Waals surface area contributed by atoms with Crippen LogP contribution < -0.4 is 15.4 Å². The molecule has 0 atom stereocenters. The molecule has 156 valence electrons. The Hall–Kier alpha value is -2.62. The number of anilines is 2. The van der Waals surface area contributed by atoms with E-state index < -0.39 is 10.0 Å². The van der Waals surface area contributed by atoms with Crippen LogP contribution in [0, 0.1) is 0 Å². The minimum absolute atomic E-state index is 0.0583. The summed E-state index contributed by atoms with van der Waals surface area (Å²) in [6, 6.07) is 13.5. The molecule has 0 unspecified atom stereocenters. The summed E-state index contributed by atoms with van der Waals surface area (Å²) in [4.78, 5) is 12.3. The quantitative estimate of drug-likeness (QED) is 0.681. The number of ether oxygens (including phenoxy) is 2. The number of hydrogen-bond donors (Lipinski definition) is 2. The van der Waals surface area contributed by atoms with Crippen molar-refractivity contribution in [3.8, 4) is 5.75 Å². The summed E-state index contributed by atoms with van der Waals surface area (Å²) in [6.07, 6.45) is 0. The lowest BCUT2D eigenvalue weighted by Gasteiger charge is -2.26. The van der Waals surface area contributed by atoms with Crippen molar-refractivity contribution in [3.05, 3.63) is 48.5 Å². The SMILES string of the molecule is CCOc1ccc(NC(=O)CNc2ccc(S(=O)(=O)N3CCOCC3)cc2)cc1. The lowest BCUT2D eigenvalue weighted by atomic mass is 10.3. The van der Waals surface area contributed by atoms with Gasteiger partial charge in [0.05, 0.1) is 31.3 Å². The zero-order valence-corrected chi connectivity index (χ0v) is 17.1. The Labute approximate surface area is 170 Å². The van der Waals surface area contributed by atoms with Gasteiger partial charge >= 0.3 is 0 Å². The predicted octanol–water partition coefficient (Wildman–Crippen LogP) is 2.16. The lowest BCUT2D eigenvalue weighted by molar-refractivity contribution is -0.114. The van der Waals surface area contributed by atoms with Crippen LogP contribution in [0.25, 0.3) is 0 Å². The molecule has 9 heteroatoms. The third-order valence-electron chi connectivity index (χ3n) is 4.36. The van der Waals surface area contributed by atoms with Crippen molar-refractivity contribution < 1.29 is 22.7 Å². The number of amides is 1. The largest absolute Gasteiger partial charge is 0.494 e. The Bertz CT molecular complexity index is 908. The monoisotopic (exact) mass is 419 g/mol. The number of nitrogens with one attached hydrogen (secondary N) is 2. The minimum Gasteiger partial charge on any atom is -0.494 e. The molecule has 0 bridgehead atoms. The molecule has 1 saturated heterocycles. The fourth-order valence-electron chi connectivity index (χ4n) is 2.87. The number of nitrogens with zero attached hydrogens (tertiary/aromatic N) is 1. The van der Waals surface area contributed by atoms with Gasteiger partial charge in [0, 0.05) is 24.5 Å². The van der Waals surface area contributed by atoms with Crippen LogP contribution in [0.15, 0.2) is 53.4 Å². The van der Waals surface area contributed by atoms with Gasteiger partial charge in [-0.25, -0.2) is 8.42 Å².